The lowest BCUT2D eigenvalue weighted by atomic mass is 9.81. The Kier molecular flexibility index (Phi) is 7.57. The second-order valence-corrected chi connectivity index (χ2v) is 8.36. The Hall–Kier alpha value is -1.05. The van der Waals surface area contributed by atoms with Gasteiger partial charge in [0, 0.05) is 0 Å². The van der Waals surface area contributed by atoms with Crippen LogP contribution in [0, 0.1) is 17.3 Å². The fourth-order valence-corrected chi connectivity index (χ4v) is 2.91. The van der Waals surface area contributed by atoms with E-state index in [4.69, 9.17) is 4.74 Å². The zero-order chi connectivity index (χ0) is 17.6. The molecule has 2 nitrogen and oxygen atoms in total. The van der Waals surface area contributed by atoms with Crippen molar-refractivity contribution in [2.24, 2.45) is 17.3 Å². The number of esters is 1. The van der Waals surface area contributed by atoms with Crippen LogP contribution in [-0.4, -0.2) is 12.1 Å². The topological polar surface area (TPSA) is 26.3 Å². The highest BCUT2D eigenvalue weighted by Crippen LogP contribution is 2.32. The van der Waals surface area contributed by atoms with Crippen molar-refractivity contribution in [3.63, 3.8) is 0 Å². The average Bonchev–Trinajstić information content (AvgIpc) is 2.45. The minimum absolute atomic E-state index is 0.0127. The minimum atomic E-state index is -0.0141. The third-order valence-electron chi connectivity index (χ3n) is 4.96. The van der Waals surface area contributed by atoms with Gasteiger partial charge in [-0.1, -0.05) is 51.0 Å². The maximum Gasteiger partial charge on any atom is 0.309 e. The van der Waals surface area contributed by atoms with Crippen molar-refractivity contribution in [2.75, 3.05) is 0 Å². The van der Waals surface area contributed by atoms with Crippen molar-refractivity contribution >= 4 is 5.97 Å². The van der Waals surface area contributed by atoms with Gasteiger partial charge in [0.15, 0.2) is 0 Å². The van der Waals surface area contributed by atoms with Crippen molar-refractivity contribution in [1.82, 2.24) is 0 Å². The third-order valence-corrected chi connectivity index (χ3v) is 4.96. The number of carbonyl (C=O) groups excluding carboxylic acids is 1. The lowest BCUT2D eigenvalue weighted by molar-refractivity contribution is -0.152. The first-order valence-electron chi connectivity index (χ1n) is 9.18. The van der Waals surface area contributed by atoms with Gasteiger partial charge in [-0.2, -0.15) is 0 Å². The van der Waals surface area contributed by atoms with Crippen molar-refractivity contribution < 1.29 is 9.53 Å². The van der Waals surface area contributed by atoms with E-state index >= 15 is 0 Å². The van der Waals surface area contributed by atoms with Gasteiger partial charge < -0.3 is 4.74 Å². The molecule has 0 aromatic heterocycles. The van der Waals surface area contributed by atoms with Crippen LogP contribution in [-0.2, 0) is 9.53 Å². The van der Waals surface area contributed by atoms with Gasteiger partial charge in [-0.05, 0) is 64.2 Å². The summed E-state index contributed by atoms with van der Waals surface area (Å²) in [5.41, 5.74) is 3.17. The first kappa shape index (κ1) is 20.0. The predicted molar refractivity (Wildman–Crippen MR) is 98.3 cm³/mol. The summed E-state index contributed by atoms with van der Waals surface area (Å²) in [6.45, 7) is 15.1. The van der Waals surface area contributed by atoms with Crippen LogP contribution in [0.4, 0.5) is 0 Å². The van der Waals surface area contributed by atoms with Crippen molar-refractivity contribution in [3.8, 4) is 0 Å². The van der Waals surface area contributed by atoms with Crippen molar-refractivity contribution in [3.05, 3.63) is 23.3 Å². The lowest BCUT2D eigenvalue weighted by Gasteiger charge is -2.26. The SMILES string of the molecule is C/C(=C\CCC(C)C1=CCCC(C(=O)OC(C)C)C1)C(C)(C)C. The summed E-state index contributed by atoms with van der Waals surface area (Å²) in [5.74, 6) is 0.599. The first-order chi connectivity index (χ1) is 10.6. The summed E-state index contributed by atoms with van der Waals surface area (Å²) in [4.78, 5) is 12.1. The van der Waals surface area contributed by atoms with E-state index in [9.17, 15) is 4.79 Å². The summed E-state index contributed by atoms with van der Waals surface area (Å²) in [7, 11) is 0. The molecule has 132 valence electrons. The molecular weight excluding hydrogens is 284 g/mol. The predicted octanol–water partition coefficient (Wildman–Crippen LogP) is 6.07. The van der Waals surface area contributed by atoms with E-state index in [1.54, 1.807) is 0 Å². The fraction of sp³-hybridized carbons (Fsp3) is 0.762. The fourth-order valence-electron chi connectivity index (χ4n) is 2.91. The number of hydrogen-bond acceptors (Lipinski definition) is 2. The zero-order valence-corrected chi connectivity index (χ0v) is 16.2. The highest BCUT2D eigenvalue weighted by Gasteiger charge is 2.26. The molecule has 2 atom stereocenters. The van der Waals surface area contributed by atoms with Gasteiger partial charge in [0.25, 0.3) is 0 Å². The molecule has 1 aliphatic rings. The van der Waals surface area contributed by atoms with E-state index in [2.05, 4.69) is 46.8 Å². The maximum atomic E-state index is 12.1. The normalized spacial score (nSPS) is 21.1. The van der Waals surface area contributed by atoms with Crippen LogP contribution in [0.25, 0.3) is 0 Å². The number of hydrogen-bond donors (Lipinski definition) is 0. The van der Waals surface area contributed by atoms with Crippen LogP contribution in [0.5, 0.6) is 0 Å². The molecule has 0 N–H and O–H groups in total. The van der Waals surface area contributed by atoms with Gasteiger partial charge in [0.1, 0.15) is 0 Å². The molecule has 0 aromatic carbocycles. The van der Waals surface area contributed by atoms with Crippen LogP contribution < -0.4 is 0 Å². The molecular formula is C21H36O2. The van der Waals surface area contributed by atoms with E-state index < -0.39 is 0 Å². The second kappa shape index (κ2) is 8.70. The molecule has 0 aliphatic heterocycles. The molecule has 0 radical (unpaired) electrons. The molecule has 0 bridgehead atoms. The summed E-state index contributed by atoms with van der Waals surface area (Å²) < 4.78 is 5.39. The standard InChI is InChI=1S/C21H36O2/c1-15(2)23-20(22)19-13-9-12-18(14-19)16(3)10-8-11-17(4)21(5,6)7/h11-12,15-16,19H,8-10,13-14H2,1-7H3/b17-11+. The molecule has 0 aromatic rings. The monoisotopic (exact) mass is 320 g/mol. The first-order valence-corrected chi connectivity index (χ1v) is 9.18. The Bertz CT molecular complexity index is 449. The average molecular weight is 321 g/mol. The minimum Gasteiger partial charge on any atom is -0.463 e. The molecule has 0 spiro atoms. The molecule has 23 heavy (non-hydrogen) atoms. The summed E-state index contributed by atoms with van der Waals surface area (Å²) in [6, 6.07) is 0. The van der Waals surface area contributed by atoms with E-state index in [1.165, 1.54) is 11.1 Å². The van der Waals surface area contributed by atoms with E-state index in [-0.39, 0.29) is 23.4 Å². The van der Waals surface area contributed by atoms with E-state index in [0.717, 1.165) is 32.1 Å². The van der Waals surface area contributed by atoms with Crippen molar-refractivity contribution in [2.45, 2.75) is 86.7 Å². The number of rotatable bonds is 6. The summed E-state index contributed by atoms with van der Waals surface area (Å²) in [6.07, 6.45) is 9.82. The Balaban J connectivity index is 2.52. The molecule has 0 fully saturated rings. The molecule has 0 saturated heterocycles. The van der Waals surface area contributed by atoms with Crippen molar-refractivity contribution in [1.29, 1.82) is 0 Å². The van der Waals surface area contributed by atoms with Gasteiger partial charge in [-0.3, -0.25) is 4.79 Å². The van der Waals surface area contributed by atoms with Crippen LogP contribution in [0.1, 0.15) is 80.6 Å². The van der Waals surface area contributed by atoms with Gasteiger partial charge in [0.05, 0.1) is 12.0 Å². The lowest BCUT2D eigenvalue weighted by Crippen LogP contribution is -2.24. The molecule has 2 unspecified atom stereocenters. The van der Waals surface area contributed by atoms with Gasteiger partial charge in [-0.15, -0.1) is 0 Å². The molecule has 0 heterocycles. The van der Waals surface area contributed by atoms with E-state index in [0.29, 0.717) is 5.92 Å². The quantitative estimate of drug-likeness (QED) is 0.438. The highest BCUT2D eigenvalue weighted by atomic mass is 16.5. The Morgan fingerprint density at radius 2 is 2.00 bits per heavy atom. The molecule has 1 aliphatic carbocycles. The maximum absolute atomic E-state index is 12.1. The zero-order valence-electron chi connectivity index (χ0n) is 16.2. The van der Waals surface area contributed by atoms with Crippen LogP contribution in [0.15, 0.2) is 23.3 Å². The number of ether oxygens (including phenoxy) is 1. The molecule has 0 amide bonds. The van der Waals surface area contributed by atoms with Crippen LogP contribution in [0.3, 0.4) is 0 Å². The Morgan fingerprint density at radius 1 is 1.35 bits per heavy atom. The number of allylic oxidation sites excluding steroid dienone is 4. The van der Waals surface area contributed by atoms with Gasteiger partial charge >= 0.3 is 5.97 Å². The largest absolute Gasteiger partial charge is 0.463 e. The third kappa shape index (κ3) is 6.93. The Morgan fingerprint density at radius 3 is 2.57 bits per heavy atom. The highest BCUT2D eigenvalue weighted by molar-refractivity contribution is 5.73. The van der Waals surface area contributed by atoms with Crippen LogP contribution in [0.2, 0.25) is 0 Å². The molecule has 2 heteroatoms. The summed E-state index contributed by atoms with van der Waals surface area (Å²) >= 11 is 0. The van der Waals surface area contributed by atoms with Crippen LogP contribution >= 0.6 is 0 Å². The molecule has 0 saturated carbocycles. The van der Waals surface area contributed by atoms with E-state index in [1.807, 2.05) is 13.8 Å². The molecule has 1 rings (SSSR count). The summed E-state index contributed by atoms with van der Waals surface area (Å²) in [5, 5.41) is 0. The second-order valence-electron chi connectivity index (χ2n) is 8.36. The smallest absolute Gasteiger partial charge is 0.309 e. The van der Waals surface area contributed by atoms with Gasteiger partial charge in [0.2, 0.25) is 0 Å². The number of carbonyl (C=O) groups is 1. The van der Waals surface area contributed by atoms with Gasteiger partial charge in [-0.25, -0.2) is 0 Å². The Labute approximate surface area is 143 Å².